The molecular weight excluding hydrogens is 282 g/mol. The van der Waals surface area contributed by atoms with Crippen molar-refractivity contribution in [3.63, 3.8) is 0 Å². The average molecular weight is 296 g/mol. The molecule has 20 heavy (non-hydrogen) atoms. The van der Waals surface area contributed by atoms with E-state index >= 15 is 0 Å². The van der Waals surface area contributed by atoms with Crippen LogP contribution < -0.4 is 4.90 Å². The van der Waals surface area contributed by atoms with Crippen molar-refractivity contribution in [2.24, 2.45) is 0 Å². The Morgan fingerprint density at radius 1 is 1.65 bits per heavy atom. The van der Waals surface area contributed by atoms with E-state index in [9.17, 15) is 15.2 Å². The van der Waals surface area contributed by atoms with Crippen molar-refractivity contribution in [3.05, 3.63) is 21.9 Å². The summed E-state index contributed by atoms with van der Waals surface area (Å²) < 4.78 is 5.18. The molecule has 2 atom stereocenters. The lowest BCUT2D eigenvalue weighted by atomic mass is 10.0. The summed E-state index contributed by atoms with van der Waals surface area (Å²) in [5.74, 6) is -0.177. The number of carbonyl (C=O) groups excluding carboxylic acids is 1. The molecule has 1 aromatic rings. The van der Waals surface area contributed by atoms with Gasteiger partial charge in [-0.05, 0) is 13.3 Å². The highest BCUT2D eigenvalue weighted by molar-refractivity contribution is 6.45. The first-order chi connectivity index (χ1) is 9.43. The predicted molar refractivity (Wildman–Crippen MR) is 72.0 cm³/mol. The Hall–Kier alpha value is -1.84. The molecule has 2 heterocycles. The van der Waals surface area contributed by atoms with Crippen molar-refractivity contribution in [3.8, 4) is 6.07 Å². The van der Waals surface area contributed by atoms with Gasteiger partial charge >= 0.3 is 0 Å². The number of hydrogen-bond acceptors (Lipinski definition) is 5. The van der Waals surface area contributed by atoms with Crippen LogP contribution >= 0.6 is 11.6 Å². The molecule has 0 saturated carbocycles. The number of rotatable bonds is 3. The molecule has 1 aliphatic rings. The van der Waals surface area contributed by atoms with Crippen LogP contribution in [0.15, 0.2) is 15.1 Å². The highest BCUT2D eigenvalue weighted by atomic mass is 35.5. The fourth-order valence-corrected chi connectivity index (χ4v) is 2.18. The van der Waals surface area contributed by atoms with Crippen molar-refractivity contribution in [1.29, 1.82) is 5.26 Å². The van der Waals surface area contributed by atoms with E-state index in [4.69, 9.17) is 16.1 Å². The number of aliphatic hydroxyl groups is 1. The summed E-state index contributed by atoms with van der Waals surface area (Å²) in [6.07, 6.45) is -0.463. The molecular formula is C13H14ClN3O3. The van der Waals surface area contributed by atoms with Gasteiger partial charge in [0.2, 0.25) is 0 Å². The van der Waals surface area contributed by atoms with Crippen LogP contribution in [0.1, 0.15) is 44.4 Å². The van der Waals surface area contributed by atoms with Crippen molar-refractivity contribution in [1.82, 2.24) is 5.16 Å². The first-order valence-electron chi connectivity index (χ1n) is 6.21. The standard InChI is InChI=1S/C13H14ClN3O3/c1-4-6(2)10-8(5-15)11(16-20-10)17-12(18)7(3)9(14)13(17)19/h6,12,18H,4H2,1-3H3. The second-order valence-electron chi connectivity index (χ2n) is 4.71. The van der Waals surface area contributed by atoms with Crippen LogP contribution in [0.2, 0.25) is 0 Å². The maximum absolute atomic E-state index is 12.0. The van der Waals surface area contributed by atoms with Crippen LogP contribution in [0.25, 0.3) is 0 Å². The largest absolute Gasteiger partial charge is 0.369 e. The summed E-state index contributed by atoms with van der Waals surface area (Å²) in [4.78, 5) is 13.0. The first kappa shape index (κ1) is 14.6. The molecule has 0 spiro atoms. The van der Waals surface area contributed by atoms with E-state index in [0.29, 0.717) is 11.3 Å². The van der Waals surface area contributed by atoms with Crippen LogP contribution in [0, 0.1) is 11.3 Å². The number of nitrogens with zero attached hydrogens (tertiary/aromatic N) is 3. The van der Waals surface area contributed by atoms with Gasteiger partial charge in [-0.25, -0.2) is 0 Å². The van der Waals surface area contributed by atoms with Gasteiger partial charge in [-0.1, -0.05) is 30.6 Å². The Morgan fingerprint density at radius 3 is 2.75 bits per heavy atom. The number of aromatic nitrogens is 1. The summed E-state index contributed by atoms with van der Waals surface area (Å²) >= 11 is 5.83. The first-order valence-corrected chi connectivity index (χ1v) is 6.59. The smallest absolute Gasteiger partial charge is 0.273 e. The fourth-order valence-electron chi connectivity index (χ4n) is 1.99. The molecule has 0 aliphatic carbocycles. The van der Waals surface area contributed by atoms with Gasteiger partial charge in [-0.2, -0.15) is 5.26 Å². The van der Waals surface area contributed by atoms with Crippen LogP contribution in [0.3, 0.4) is 0 Å². The fraction of sp³-hybridized carbons (Fsp3) is 0.462. The SMILES string of the molecule is CCC(C)c1onc(N2C(=O)C(Cl)=C(C)C2O)c1C#N. The van der Waals surface area contributed by atoms with E-state index in [1.807, 2.05) is 19.9 Å². The zero-order chi connectivity index (χ0) is 15.0. The molecule has 0 radical (unpaired) electrons. The lowest BCUT2D eigenvalue weighted by molar-refractivity contribution is -0.115. The predicted octanol–water partition coefficient (Wildman–Crippen LogP) is 2.24. The van der Waals surface area contributed by atoms with E-state index in [2.05, 4.69) is 5.16 Å². The van der Waals surface area contributed by atoms with Gasteiger partial charge in [-0.3, -0.25) is 9.69 Å². The number of carbonyl (C=O) groups is 1. The number of nitriles is 1. The van der Waals surface area contributed by atoms with E-state index in [1.54, 1.807) is 6.92 Å². The molecule has 1 N–H and O–H groups in total. The van der Waals surface area contributed by atoms with Gasteiger partial charge in [0.25, 0.3) is 5.91 Å². The van der Waals surface area contributed by atoms with Crippen molar-refractivity contribution < 1.29 is 14.4 Å². The Kier molecular flexibility index (Phi) is 3.84. The molecule has 1 aliphatic heterocycles. The third-order valence-electron chi connectivity index (χ3n) is 3.49. The van der Waals surface area contributed by atoms with Crippen molar-refractivity contribution >= 4 is 23.3 Å². The molecule has 2 unspecified atom stereocenters. The lowest BCUT2D eigenvalue weighted by Crippen LogP contribution is -2.35. The second-order valence-corrected chi connectivity index (χ2v) is 5.09. The van der Waals surface area contributed by atoms with Crippen LogP contribution in [-0.4, -0.2) is 22.4 Å². The molecule has 1 amide bonds. The minimum Gasteiger partial charge on any atom is -0.369 e. The Labute approximate surface area is 121 Å². The summed E-state index contributed by atoms with van der Waals surface area (Å²) in [7, 11) is 0. The molecule has 2 rings (SSSR count). The van der Waals surface area contributed by atoms with Gasteiger partial charge in [0, 0.05) is 11.5 Å². The lowest BCUT2D eigenvalue weighted by Gasteiger charge is -2.18. The van der Waals surface area contributed by atoms with Gasteiger partial charge in [0.1, 0.15) is 16.7 Å². The third-order valence-corrected chi connectivity index (χ3v) is 3.94. The maximum atomic E-state index is 12.0. The van der Waals surface area contributed by atoms with Crippen LogP contribution in [0.4, 0.5) is 5.82 Å². The monoisotopic (exact) mass is 295 g/mol. The van der Waals surface area contributed by atoms with Gasteiger partial charge < -0.3 is 9.63 Å². The summed E-state index contributed by atoms with van der Waals surface area (Å²) in [6.45, 7) is 5.39. The number of halogens is 1. The van der Waals surface area contributed by atoms with E-state index < -0.39 is 12.1 Å². The minimum atomic E-state index is -1.23. The number of anilines is 1. The molecule has 7 heteroatoms. The summed E-state index contributed by atoms with van der Waals surface area (Å²) in [6, 6.07) is 1.98. The molecule has 0 saturated heterocycles. The quantitative estimate of drug-likeness (QED) is 0.923. The maximum Gasteiger partial charge on any atom is 0.273 e. The molecule has 106 valence electrons. The van der Waals surface area contributed by atoms with Gasteiger partial charge in [0.15, 0.2) is 17.8 Å². The zero-order valence-electron chi connectivity index (χ0n) is 11.3. The highest BCUT2D eigenvalue weighted by Crippen LogP contribution is 2.36. The Bertz CT molecular complexity index is 629. The number of amides is 1. The van der Waals surface area contributed by atoms with Crippen molar-refractivity contribution in [2.75, 3.05) is 4.90 Å². The summed E-state index contributed by atoms with van der Waals surface area (Å²) in [5, 5.41) is 23.0. The average Bonchev–Trinajstić information content (AvgIpc) is 2.94. The molecule has 0 fully saturated rings. The van der Waals surface area contributed by atoms with Gasteiger partial charge in [0.05, 0.1) is 0 Å². The van der Waals surface area contributed by atoms with Crippen molar-refractivity contribution in [2.45, 2.75) is 39.3 Å². The molecule has 1 aromatic heterocycles. The van der Waals surface area contributed by atoms with Crippen LogP contribution in [0.5, 0.6) is 0 Å². The number of aliphatic hydroxyl groups excluding tert-OH is 1. The van der Waals surface area contributed by atoms with Crippen LogP contribution in [-0.2, 0) is 4.79 Å². The van der Waals surface area contributed by atoms with E-state index in [1.165, 1.54) is 0 Å². The molecule has 0 bridgehead atoms. The Morgan fingerprint density at radius 2 is 2.30 bits per heavy atom. The third kappa shape index (κ3) is 1.99. The normalized spacial score (nSPS) is 20.5. The highest BCUT2D eigenvalue weighted by Gasteiger charge is 2.40. The minimum absolute atomic E-state index is 0.00900. The topological polar surface area (TPSA) is 90.4 Å². The van der Waals surface area contributed by atoms with E-state index in [0.717, 1.165) is 11.3 Å². The Balaban J connectivity index is 2.49. The molecule has 0 aromatic carbocycles. The summed E-state index contributed by atoms with van der Waals surface area (Å²) in [5.41, 5.74) is 0.486. The zero-order valence-corrected chi connectivity index (χ0v) is 12.1. The second kappa shape index (κ2) is 5.27. The van der Waals surface area contributed by atoms with Gasteiger partial charge in [-0.15, -0.1) is 0 Å². The van der Waals surface area contributed by atoms with E-state index in [-0.39, 0.29) is 22.3 Å². The number of hydrogen-bond donors (Lipinski definition) is 1. The molecule has 6 nitrogen and oxygen atoms in total.